The second-order valence-corrected chi connectivity index (χ2v) is 6.32. The van der Waals surface area contributed by atoms with E-state index in [0.29, 0.717) is 18.4 Å². The predicted molar refractivity (Wildman–Crippen MR) is 69.5 cm³/mol. The molecule has 1 rings (SSSR count). The standard InChI is InChI=1S/C13H12F3NO4S/c1-3-21-12(18)10(7-17)9-5-4-8(13(14,15)16)6-11(9)22(2,19)20/h4-6,10H,3H2,1-2H3. The molecule has 0 spiro atoms. The highest BCUT2D eigenvalue weighted by atomic mass is 32.2. The van der Waals surface area contributed by atoms with Crippen molar-refractivity contribution in [1.82, 2.24) is 0 Å². The largest absolute Gasteiger partial charge is 0.465 e. The molecule has 22 heavy (non-hydrogen) atoms. The third kappa shape index (κ3) is 3.98. The summed E-state index contributed by atoms with van der Waals surface area (Å²) in [5.41, 5.74) is -1.52. The summed E-state index contributed by atoms with van der Waals surface area (Å²) in [7, 11) is -4.08. The van der Waals surface area contributed by atoms with Crippen LogP contribution in [0.5, 0.6) is 0 Å². The van der Waals surface area contributed by atoms with Crippen LogP contribution in [0.25, 0.3) is 0 Å². The van der Waals surface area contributed by atoms with Gasteiger partial charge in [0, 0.05) is 6.26 Å². The van der Waals surface area contributed by atoms with Crippen LogP contribution in [0.4, 0.5) is 13.2 Å². The normalized spacial score (nSPS) is 13.3. The van der Waals surface area contributed by atoms with Gasteiger partial charge >= 0.3 is 12.1 Å². The summed E-state index contributed by atoms with van der Waals surface area (Å²) in [4.78, 5) is 11.0. The quantitative estimate of drug-likeness (QED) is 0.788. The fraction of sp³-hybridized carbons (Fsp3) is 0.385. The van der Waals surface area contributed by atoms with Gasteiger partial charge < -0.3 is 4.74 Å². The molecule has 0 heterocycles. The number of sulfone groups is 1. The van der Waals surface area contributed by atoms with Gasteiger partial charge in [-0.1, -0.05) is 6.07 Å². The van der Waals surface area contributed by atoms with Crippen molar-refractivity contribution in [2.45, 2.75) is 23.9 Å². The Morgan fingerprint density at radius 1 is 1.41 bits per heavy atom. The smallest absolute Gasteiger partial charge is 0.416 e. The van der Waals surface area contributed by atoms with E-state index in [4.69, 9.17) is 5.26 Å². The Morgan fingerprint density at radius 3 is 2.41 bits per heavy atom. The number of esters is 1. The van der Waals surface area contributed by atoms with E-state index in [-0.39, 0.29) is 12.2 Å². The second-order valence-electron chi connectivity index (χ2n) is 4.34. The predicted octanol–water partition coefficient (Wildman–Crippen LogP) is 2.28. The first-order valence-electron chi connectivity index (χ1n) is 5.99. The number of benzene rings is 1. The van der Waals surface area contributed by atoms with Crippen molar-refractivity contribution in [3.05, 3.63) is 29.3 Å². The Bertz CT molecular complexity index is 720. The molecule has 120 valence electrons. The lowest BCUT2D eigenvalue weighted by molar-refractivity contribution is -0.143. The van der Waals surface area contributed by atoms with Gasteiger partial charge in [-0.25, -0.2) is 8.42 Å². The molecule has 1 unspecified atom stereocenters. The Kier molecular flexibility index (Phi) is 5.19. The number of halogens is 3. The number of nitriles is 1. The second kappa shape index (κ2) is 6.36. The Labute approximate surface area is 125 Å². The zero-order chi connectivity index (χ0) is 17.1. The van der Waals surface area contributed by atoms with E-state index in [1.807, 2.05) is 0 Å². The topological polar surface area (TPSA) is 84.2 Å². The molecular weight excluding hydrogens is 323 g/mol. The first-order valence-corrected chi connectivity index (χ1v) is 7.89. The minimum atomic E-state index is -4.75. The summed E-state index contributed by atoms with van der Waals surface area (Å²) < 4.78 is 66.1. The van der Waals surface area contributed by atoms with Gasteiger partial charge in [0.15, 0.2) is 15.8 Å². The molecule has 0 aliphatic rings. The van der Waals surface area contributed by atoms with Gasteiger partial charge in [0.1, 0.15) is 0 Å². The van der Waals surface area contributed by atoms with Gasteiger partial charge in [0.05, 0.1) is 23.1 Å². The maximum absolute atomic E-state index is 12.7. The van der Waals surface area contributed by atoms with E-state index in [1.54, 1.807) is 6.07 Å². The van der Waals surface area contributed by atoms with Gasteiger partial charge in [0.2, 0.25) is 0 Å². The molecule has 0 radical (unpaired) electrons. The Morgan fingerprint density at radius 2 is 2.00 bits per heavy atom. The van der Waals surface area contributed by atoms with Crippen molar-refractivity contribution in [3.63, 3.8) is 0 Å². The summed E-state index contributed by atoms with van der Waals surface area (Å²) in [6, 6.07) is 3.39. The highest BCUT2D eigenvalue weighted by Gasteiger charge is 2.34. The third-order valence-electron chi connectivity index (χ3n) is 2.70. The van der Waals surface area contributed by atoms with Crippen LogP contribution in [-0.4, -0.2) is 27.2 Å². The van der Waals surface area contributed by atoms with Gasteiger partial charge in [-0.3, -0.25) is 4.79 Å². The van der Waals surface area contributed by atoms with Crippen molar-refractivity contribution in [3.8, 4) is 6.07 Å². The van der Waals surface area contributed by atoms with E-state index in [9.17, 15) is 26.4 Å². The Hall–Kier alpha value is -2.08. The summed E-state index contributed by atoms with van der Waals surface area (Å²) in [6.07, 6.45) is -4.05. The van der Waals surface area contributed by atoms with Gasteiger partial charge in [-0.05, 0) is 24.6 Å². The van der Waals surface area contributed by atoms with Crippen LogP contribution in [0.3, 0.4) is 0 Å². The summed E-state index contributed by atoms with van der Waals surface area (Å²) in [5.74, 6) is -2.64. The van der Waals surface area contributed by atoms with Crippen molar-refractivity contribution in [2.75, 3.05) is 12.9 Å². The summed E-state index contributed by atoms with van der Waals surface area (Å²) in [6.45, 7) is 1.43. The average molecular weight is 335 g/mol. The fourth-order valence-electron chi connectivity index (χ4n) is 1.75. The molecule has 0 aliphatic carbocycles. The van der Waals surface area contributed by atoms with Crippen LogP contribution in [-0.2, 0) is 25.5 Å². The number of ether oxygens (including phenoxy) is 1. The molecule has 0 saturated heterocycles. The van der Waals surface area contributed by atoms with E-state index in [0.717, 1.165) is 6.07 Å². The molecule has 5 nitrogen and oxygen atoms in total. The van der Waals surface area contributed by atoms with Crippen molar-refractivity contribution in [2.24, 2.45) is 0 Å². The van der Waals surface area contributed by atoms with Crippen LogP contribution < -0.4 is 0 Å². The maximum atomic E-state index is 12.7. The summed E-state index contributed by atoms with van der Waals surface area (Å²) >= 11 is 0. The lowest BCUT2D eigenvalue weighted by Crippen LogP contribution is -2.18. The minimum absolute atomic E-state index is 0.0497. The van der Waals surface area contributed by atoms with E-state index in [1.165, 1.54) is 6.92 Å². The number of carbonyl (C=O) groups excluding carboxylic acids is 1. The molecule has 0 saturated carbocycles. The van der Waals surface area contributed by atoms with E-state index >= 15 is 0 Å². The average Bonchev–Trinajstić information content (AvgIpc) is 2.37. The highest BCUT2D eigenvalue weighted by molar-refractivity contribution is 7.90. The molecular formula is C13H12F3NO4S. The monoisotopic (exact) mass is 335 g/mol. The molecule has 1 aromatic rings. The lowest BCUT2D eigenvalue weighted by atomic mass is 9.99. The Balaban J connectivity index is 3.55. The van der Waals surface area contributed by atoms with Crippen LogP contribution in [0, 0.1) is 11.3 Å². The third-order valence-corrected chi connectivity index (χ3v) is 3.86. The van der Waals surface area contributed by atoms with Crippen molar-refractivity contribution >= 4 is 15.8 Å². The molecule has 0 fully saturated rings. The van der Waals surface area contributed by atoms with E-state index < -0.39 is 38.4 Å². The minimum Gasteiger partial charge on any atom is -0.465 e. The first-order chi connectivity index (χ1) is 10.0. The number of alkyl halides is 3. The number of nitrogens with zero attached hydrogens (tertiary/aromatic N) is 1. The molecule has 1 aromatic carbocycles. The number of rotatable bonds is 4. The van der Waals surface area contributed by atoms with Gasteiger partial charge in [0.25, 0.3) is 0 Å². The number of hydrogen-bond donors (Lipinski definition) is 0. The molecule has 0 bridgehead atoms. The van der Waals surface area contributed by atoms with Crippen LogP contribution in [0.2, 0.25) is 0 Å². The highest BCUT2D eigenvalue weighted by Crippen LogP contribution is 2.34. The molecule has 9 heteroatoms. The SMILES string of the molecule is CCOC(=O)C(C#N)c1ccc(C(F)(F)F)cc1S(C)(=O)=O. The van der Waals surface area contributed by atoms with Crippen molar-refractivity contribution < 1.29 is 31.1 Å². The molecule has 0 N–H and O–H groups in total. The molecule has 0 amide bonds. The maximum Gasteiger partial charge on any atom is 0.416 e. The van der Waals surface area contributed by atoms with Gasteiger partial charge in [-0.2, -0.15) is 18.4 Å². The van der Waals surface area contributed by atoms with E-state index in [2.05, 4.69) is 4.74 Å². The zero-order valence-electron chi connectivity index (χ0n) is 11.6. The van der Waals surface area contributed by atoms with Crippen LogP contribution in [0.15, 0.2) is 23.1 Å². The van der Waals surface area contributed by atoms with Gasteiger partial charge in [-0.15, -0.1) is 0 Å². The number of hydrogen-bond acceptors (Lipinski definition) is 5. The molecule has 0 aromatic heterocycles. The summed E-state index contributed by atoms with van der Waals surface area (Å²) in [5, 5.41) is 9.03. The van der Waals surface area contributed by atoms with Crippen LogP contribution >= 0.6 is 0 Å². The fourth-order valence-corrected chi connectivity index (χ4v) is 2.70. The van der Waals surface area contributed by atoms with Crippen LogP contribution in [0.1, 0.15) is 24.0 Å². The lowest BCUT2D eigenvalue weighted by Gasteiger charge is -2.15. The zero-order valence-corrected chi connectivity index (χ0v) is 12.5. The van der Waals surface area contributed by atoms with Crippen molar-refractivity contribution in [1.29, 1.82) is 5.26 Å². The molecule has 0 aliphatic heterocycles. The first kappa shape index (κ1) is 18.0. The number of carbonyl (C=O) groups is 1. The molecule has 1 atom stereocenters.